The highest BCUT2D eigenvalue weighted by molar-refractivity contribution is 4.96. The molecule has 1 atom stereocenters. The third-order valence-electron chi connectivity index (χ3n) is 4.11. The maximum atomic E-state index is 2.68. The summed E-state index contributed by atoms with van der Waals surface area (Å²) in [6.07, 6.45) is 2.88. The molecule has 2 fully saturated rings. The van der Waals surface area contributed by atoms with Crippen LogP contribution in [0.3, 0.4) is 0 Å². The summed E-state index contributed by atoms with van der Waals surface area (Å²) in [5.74, 6) is 0.823. The fraction of sp³-hybridized carbons (Fsp3) is 1.00. The van der Waals surface area contributed by atoms with Gasteiger partial charge in [0.15, 0.2) is 0 Å². The van der Waals surface area contributed by atoms with Gasteiger partial charge >= 0.3 is 0 Å². The summed E-state index contributed by atoms with van der Waals surface area (Å²) in [6.45, 7) is 14.9. The molecule has 2 aliphatic heterocycles. The van der Waals surface area contributed by atoms with Crippen LogP contribution < -0.4 is 0 Å². The molecule has 0 saturated carbocycles. The highest BCUT2D eigenvalue weighted by Crippen LogP contribution is 2.39. The van der Waals surface area contributed by atoms with Crippen molar-refractivity contribution in [1.29, 1.82) is 0 Å². The average Bonchev–Trinajstić information content (AvgIpc) is 2.74. The van der Waals surface area contributed by atoms with Crippen LogP contribution in [0.2, 0.25) is 0 Å². The molecule has 0 radical (unpaired) electrons. The van der Waals surface area contributed by atoms with Gasteiger partial charge in [-0.3, -0.25) is 0 Å². The molecule has 2 heterocycles. The third kappa shape index (κ3) is 2.54. The summed E-state index contributed by atoms with van der Waals surface area (Å²) in [4.78, 5) is 5.31. The van der Waals surface area contributed by atoms with E-state index in [1.807, 2.05) is 0 Å². The van der Waals surface area contributed by atoms with Crippen LogP contribution in [0.15, 0.2) is 0 Å². The molecule has 0 aromatic heterocycles. The largest absolute Gasteiger partial charge is 0.303 e. The van der Waals surface area contributed by atoms with Crippen LogP contribution in [0, 0.1) is 11.3 Å². The van der Waals surface area contributed by atoms with Gasteiger partial charge < -0.3 is 9.80 Å². The summed E-state index contributed by atoms with van der Waals surface area (Å²) in [7, 11) is 0. The minimum absolute atomic E-state index is 0.672. The highest BCUT2D eigenvalue weighted by Gasteiger charge is 2.42. The van der Waals surface area contributed by atoms with Gasteiger partial charge in [0.05, 0.1) is 0 Å². The zero-order valence-electron chi connectivity index (χ0n) is 10.6. The Labute approximate surface area is 94.6 Å². The van der Waals surface area contributed by atoms with Gasteiger partial charge in [-0.2, -0.15) is 0 Å². The number of hydrogen-bond acceptors (Lipinski definition) is 2. The van der Waals surface area contributed by atoms with Crippen LogP contribution in [0.5, 0.6) is 0 Å². The smallest absolute Gasteiger partial charge is 0.00513 e. The van der Waals surface area contributed by atoms with Crippen LogP contribution in [0.25, 0.3) is 0 Å². The molecular formula is C13H26N2. The van der Waals surface area contributed by atoms with E-state index in [-0.39, 0.29) is 0 Å². The van der Waals surface area contributed by atoms with Crippen molar-refractivity contribution in [3.05, 3.63) is 0 Å². The second-order valence-electron chi connectivity index (χ2n) is 6.00. The monoisotopic (exact) mass is 210 g/mol. The Kier molecular flexibility index (Phi) is 3.36. The van der Waals surface area contributed by atoms with E-state index in [4.69, 9.17) is 0 Å². The maximum absolute atomic E-state index is 2.68. The van der Waals surface area contributed by atoms with Crippen molar-refractivity contribution in [1.82, 2.24) is 9.80 Å². The Morgan fingerprint density at radius 3 is 2.20 bits per heavy atom. The Balaban J connectivity index is 1.86. The molecular weight excluding hydrogens is 184 g/mol. The van der Waals surface area contributed by atoms with Gasteiger partial charge in [-0.1, -0.05) is 20.8 Å². The lowest BCUT2D eigenvalue weighted by Crippen LogP contribution is -2.32. The second kappa shape index (κ2) is 4.42. The van der Waals surface area contributed by atoms with E-state index in [0.29, 0.717) is 5.41 Å². The normalized spacial score (nSPS) is 33.6. The molecule has 88 valence electrons. The summed E-state index contributed by atoms with van der Waals surface area (Å²) < 4.78 is 0. The van der Waals surface area contributed by atoms with E-state index in [2.05, 4.69) is 30.6 Å². The fourth-order valence-electron chi connectivity index (χ4n) is 3.33. The van der Waals surface area contributed by atoms with Gasteiger partial charge in [0.1, 0.15) is 0 Å². The van der Waals surface area contributed by atoms with E-state index in [0.717, 1.165) is 5.92 Å². The maximum Gasteiger partial charge on any atom is 0.00513 e. The minimum atomic E-state index is 0.672. The molecule has 15 heavy (non-hydrogen) atoms. The molecule has 0 amide bonds. The molecule has 0 N–H and O–H groups in total. The molecule has 0 aromatic rings. The molecule has 1 unspecified atom stereocenters. The minimum Gasteiger partial charge on any atom is -0.303 e. The molecule has 2 nitrogen and oxygen atoms in total. The fourth-order valence-corrected chi connectivity index (χ4v) is 3.33. The Morgan fingerprint density at radius 1 is 1.07 bits per heavy atom. The van der Waals surface area contributed by atoms with E-state index in [1.165, 1.54) is 52.1 Å². The summed E-state index contributed by atoms with van der Waals surface area (Å²) in [5, 5.41) is 0. The third-order valence-corrected chi connectivity index (χ3v) is 4.11. The molecule has 2 saturated heterocycles. The summed E-state index contributed by atoms with van der Waals surface area (Å²) in [5.41, 5.74) is 0.672. The van der Waals surface area contributed by atoms with Crippen LogP contribution in [0.1, 0.15) is 33.6 Å². The number of rotatable bonds is 3. The van der Waals surface area contributed by atoms with Crippen molar-refractivity contribution in [3.8, 4) is 0 Å². The van der Waals surface area contributed by atoms with E-state index >= 15 is 0 Å². The van der Waals surface area contributed by atoms with Crippen LogP contribution in [-0.4, -0.2) is 49.1 Å². The first-order valence-corrected chi connectivity index (χ1v) is 6.58. The van der Waals surface area contributed by atoms with Crippen molar-refractivity contribution in [2.24, 2.45) is 11.3 Å². The molecule has 2 heteroatoms. The number of nitrogens with zero attached hydrogens (tertiary/aromatic N) is 2. The molecule has 1 spiro atoms. The predicted molar refractivity (Wildman–Crippen MR) is 65.1 cm³/mol. The SMILES string of the molecule is CCN1CCC2(CCN(CC(C)C)C2)C1. The van der Waals surface area contributed by atoms with Crippen molar-refractivity contribution in [2.45, 2.75) is 33.6 Å². The quantitative estimate of drug-likeness (QED) is 0.703. The predicted octanol–water partition coefficient (Wildman–Crippen LogP) is 2.06. The van der Waals surface area contributed by atoms with Crippen molar-refractivity contribution >= 4 is 0 Å². The van der Waals surface area contributed by atoms with Crippen molar-refractivity contribution in [2.75, 3.05) is 39.3 Å². The van der Waals surface area contributed by atoms with Gasteiger partial charge in [0.25, 0.3) is 0 Å². The van der Waals surface area contributed by atoms with Crippen molar-refractivity contribution < 1.29 is 0 Å². The molecule has 0 bridgehead atoms. The number of hydrogen-bond donors (Lipinski definition) is 0. The Bertz CT molecular complexity index is 215. The Morgan fingerprint density at radius 2 is 1.67 bits per heavy atom. The van der Waals surface area contributed by atoms with Gasteiger partial charge in [-0.05, 0) is 43.8 Å². The second-order valence-corrected chi connectivity index (χ2v) is 6.00. The van der Waals surface area contributed by atoms with E-state index in [9.17, 15) is 0 Å². The summed E-state index contributed by atoms with van der Waals surface area (Å²) in [6, 6.07) is 0. The lowest BCUT2D eigenvalue weighted by atomic mass is 9.86. The van der Waals surface area contributed by atoms with E-state index < -0.39 is 0 Å². The van der Waals surface area contributed by atoms with Crippen LogP contribution in [0.4, 0.5) is 0 Å². The van der Waals surface area contributed by atoms with Gasteiger partial charge in [0, 0.05) is 19.6 Å². The first-order valence-electron chi connectivity index (χ1n) is 6.58. The molecule has 0 aromatic carbocycles. The number of likely N-dealkylation sites (tertiary alicyclic amines) is 2. The first-order chi connectivity index (χ1) is 7.13. The van der Waals surface area contributed by atoms with Gasteiger partial charge in [0.2, 0.25) is 0 Å². The molecule has 2 rings (SSSR count). The van der Waals surface area contributed by atoms with Gasteiger partial charge in [-0.25, -0.2) is 0 Å². The van der Waals surface area contributed by atoms with E-state index in [1.54, 1.807) is 0 Å². The average molecular weight is 210 g/mol. The van der Waals surface area contributed by atoms with Crippen LogP contribution in [-0.2, 0) is 0 Å². The molecule has 0 aliphatic carbocycles. The summed E-state index contributed by atoms with van der Waals surface area (Å²) >= 11 is 0. The van der Waals surface area contributed by atoms with Crippen LogP contribution >= 0.6 is 0 Å². The van der Waals surface area contributed by atoms with Gasteiger partial charge in [-0.15, -0.1) is 0 Å². The Hall–Kier alpha value is -0.0800. The molecule has 2 aliphatic rings. The highest BCUT2D eigenvalue weighted by atomic mass is 15.2. The zero-order chi connectivity index (χ0) is 10.9. The van der Waals surface area contributed by atoms with Crippen molar-refractivity contribution in [3.63, 3.8) is 0 Å². The standard InChI is InChI=1S/C13H26N2/c1-4-14-7-5-13(10-14)6-8-15(11-13)9-12(2)3/h12H,4-11H2,1-3H3. The lowest BCUT2D eigenvalue weighted by Gasteiger charge is -2.25. The lowest BCUT2D eigenvalue weighted by molar-refractivity contribution is 0.232. The topological polar surface area (TPSA) is 6.48 Å². The zero-order valence-corrected chi connectivity index (χ0v) is 10.6. The first kappa shape index (κ1) is 11.4.